The number of amides is 3. The minimum absolute atomic E-state index is 0.0699. The van der Waals surface area contributed by atoms with Gasteiger partial charge in [-0.25, -0.2) is 0 Å². The molecule has 3 fully saturated rings. The van der Waals surface area contributed by atoms with Crippen LogP contribution in [0.2, 0.25) is 18.6 Å². The topological polar surface area (TPSA) is 106 Å². The van der Waals surface area contributed by atoms with E-state index in [1.165, 1.54) is 0 Å². The van der Waals surface area contributed by atoms with Gasteiger partial charge in [-0.05, 0) is 92.6 Å². The largest absolute Gasteiger partial charge is 0.395 e. The van der Waals surface area contributed by atoms with Crippen LogP contribution in [0.3, 0.4) is 0 Å². The molecule has 0 bridgehead atoms. The number of rotatable bonds is 11. The number of ether oxygens (including phenoxy) is 1. The highest BCUT2D eigenvalue weighted by Gasteiger charge is 2.67. The average Bonchev–Trinajstić information content (AvgIpc) is 3.75. The summed E-state index contributed by atoms with van der Waals surface area (Å²) in [5.41, 5.74) is 1.98. The Labute approximate surface area is 349 Å². The van der Waals surface area contributed by atoms with E-state index in [1.54, 1.807) is 22.9 Å². The Balaban J connectivity index is 1.09. The minimum atomic E-state index is -3.55. The van der Waals surface area contributed by atoms with Crippen LogP contribution in [0.25, 0.3) is 0 Å². The number of carbonyl (C=O) groups excluding carboxylic acids is 3. The second-order valence-electron chi connectivity index (χ2n) is 16.6. The summed E-state index contributed by atoms with van der Waals surface area (Å²) < 4.78 is 24.3. The summed E-state index contributed by atoms with van der Waals surface area (Å²) in [5.74, 6) is -1.07. The van der Waals surface area contributed by atoms with E-state index in [4.69, 9.17) is 4.74 Å². The lowest BCUT2D eigenvalue weighted by atomic mass is 9.82. The molecule has 0 aromatic heterocycles. The highest BCUT2D eigenvalue weighted by Crippen LogP contribution is 2.60. The monoisotopic (exact) mass is 867 g/mol. The van der Waals surface area contributed by atoms with E-state index in [0.29, 0.717) is 37.3 Å². The number of piperidine rings is 1. The maximum Gasteiger partial charge on any atom is 0.264 e. The zero-order valence-corrected chi connectivity index (χ0v) is 35.8. The van der Waals surface area contributed by atoms with Crippen molar-refractivity contribution in [3.63, 3.8) is 0 Å². The van der Waals surface area contributed by atoms with Crippen LogP contribution in [0, 0.1) is 5.92 Å². The number of anilines is 3. The zero-order chi connectivity index (χ0) is 40.8. The van der Waals surface area contributed by atoms with Gasteiger partial charge in [0.1, 0.15) is 5.54 Å². The van der Waals surface area contributed by atoms with Gasteiger partial charge in [-0.2, -0.15) is 0 Å². The van der Waals surface area contributed by atoms with Crippen molar-refractivity contribution in [2.24, 2.45) is 5.92 Å². The van der Waals surface area contributed by atoms with E-state index >= 15 is 8.90 Å². The fourth-order valence-electron chi connectivity index (χ4n) is 10.1. The first-order valence-electron chi connectivity index (χ1n) is 20.2. The van der Waals surface area contributed by atoms with Gasteiger partial charge in [-0.3, -0.25) is 19.3 Å². The van der Waals surface area contributed by atoms with Gasteiger partial charge in [0.25, 0.3) is 11.8 Å². The van der Waals surface area contributed by atoms with E-state index < -0.39 is 37.1 Å². The molecule has 4 aliphatic rings. The quantitative estimate of drug-likeness (QED) is 0.122. The lowest BCUT2D eigenvalue weighted by Crippen LogP contribution is -2.55. The first-order valence-corrected chi connectivity index (χ1v) is 24.0. The molecule has 3 saturated heterocycles. The molecule has 58 heavy (non-hydrogen) atoms. The number of nitrogens with one attached hydrogen (secondary N) is 1. The van der Waals surface area contributed by atoms with Crippen LogP contribution in [-0.2, 0) is 37.8 Å². The molecule has 13 heteroatoms. The van der Waals surface area contributed by atoms with Gasteiger partial charge in [0.2, 0.25) is 14.3 Å². The van der Waals surface area contributed by atoms with Crippen LogP contribution in [0.4, 0.5) is 21.2 Å². The van der Waals surface area contributed by atoms with Crippen LogP contribution in [0.15, 0.2) is 108 Å². The fraction of sp³-hybridized carbons (Fsp3) is 0.400. The van der Waals surface area contributed by atoms with Gasteiger partial charge >= 0.3 is 0 Å². The highest BCUT2D eigenvalue weighted by molar-refractivity contribution is 9.10. The third-order valence-electron chi connectivity index (χ3n) is 12.7. The van der Waals surface area contributed by atoms with Crippen LogP contribution in [0.1, 0.15) is 42.9 Å². The minimum Gasteiger partial charge on any atom is -0.395 e. The smallest absolute Gasteiger partial charge is 0.264 e. The van der Waals surface area contributed by atoms with Crippen molar-refractivity contribution in [2.45, 2.75) is 75.2 Å². The van der Waals surface area contributed by atoms with Crippen LogP contribution < -0.4 is 20.0 Å². The molecule has 10 nitrogen and oxygen atoms in total. The normalized spacial score (nSPS) is 24.0. The second kappa shape index (κ2) is 16.0. The van der Waals surface area contributed by atoms with Crippen molar-refractivity contribution in [3.05, 3.63) is 124 Å². The first-order chi connectivity index (χ1) is 27.9. The van der Waals surface area contributed by atoms with E-state index in [-0.39, 0.29) is 43.8 Å². The predicted molar refractivity (Wildman–Crippen MR) is 229 cm³/mol. The summed E-state index contributed by atoms with van der Waals surface area (Å²) in [6.07, 6.45) is 0.417. The van der Waals surface area contributed by atoms with Crippen molar-refractivity contribution in [3.8, 4) is 0 Å². The van der Waals surface area contributed by atoms with Gasteiger partial charge in [-0.1, -0.05) is 83.5 Å². The number of benzene rings is 4. The SMILES string of the molecule is C[C@H]1[C@H]([Si](C)(C)F)[C@@H](CC(=O)N(CCO)Cc2ccccc2)O[C@]12C(=O)N(Cc1cccc(N3CN(c4ccccc4)C4(CCNCC4)C3=O)c1)c1ccc(Br)cc12. The molecule has 0 saturated carbocycles. The molecular weight excluding hydrogens is 818 g/mol. The van der Waals surface area contributed by atoms with E-state index in [9.17, 15) is 14.7 Å². The number of halogens is 2. The first kappa shape index (κ1) is 40.4. The molecule has 0 radical (unpaired) electrons. The summed E-state index contributed by atoms with van der Waals surface area (Å²) in [6, 6.07) is 33.1. The molecule has 2 spiro atoms. The van der Waals surface area contributed by atoms with Gasteiger partial charge in [0, 0.05) is 46.0 Å². The Kier molecular flexibility index (Phi) is 11.1. The lowest BCUT2D eigenvalue weighted by Gasteiger charge is -2.39. The van der Waals surface area contributed by atoms with Crippen molar-refractivity contribution in [1.82, 2.24) is 10.2 Å². The van der Waals surface area contributed by atoms with E-state index in [1.807, 2.05) is 103 Å². The molecule has 4 aliphatic heterocycles. The van der Waals surface area contributed by atoms with Crippen molar-refractivity contribution in [1.29, 1.82) is 0 Å². The Morgan fingerprint density at radius 2 is 1.60 bits per heavy atom. The molecule has 304 valence electrons. The summed E-state index contributed by atoms with van der Waals surface area (Å²) in [5, 5.41) is 13.3. The molecule has 3 amide bonds. The molecule has 0 unspecified atom stereocenters. The Hall–Kier alpha value is -4.40. The molecule has 4 aromatic carbocycles. The molecule has 4 atom stereocenters. The highest BCUT2D eigenvalue weighted by atomic mass is 79.9. The van der Waals surface area contributed by atoms with E-state index in [0.717, 1.165) is 40.1 Å². The Bertz CT molecular complexity index is 2170. The number of fused-ring (bicyclic) bond motifs is 2. The summed E-state index contributed by atoms with van der Waals surface area (Å²) in [7, 11) is -3.55. The maximum absolute atomic E-state index is 16.6. The van der Waals surface area contributed by atoms with Crippen LogP contribution in [-0.4, -0.2) is 80.7 Å². The predicted octanol–water partition coefficient (Wildman–Crippen LogP) is 7.12. The number of aliphatic hydroxyl groups excluding tert-OH is 1. The fourth-order valence-corrected chi connectivity index (χ4v) is 12.9. The number of hydrogen-bond acceptors (Lipinski definition) is 7. The number of nitrogens with zero attached hydrogens (tertiary/aromatic N) is 4. The van der Waals surface area contributed by atoms with Gasteiger partial charge in [-0.15, -0.1) is 0 Å². The average molecular weight is 869 g/mol. The number of carbonyl (C=O) groups is 3. The summed E-state index contributed by atoms with van der Waals surface area (Å²) in [4.78, 5) is 51.0. The number of aliphatic hydroxyl groups is 1. The van der Waals surface area contributed by atoms with Gasteiger partial charge < -0.3 is 34.0 Å². The number of para-hydroxylation sites is 1. The number of hydrogen-bond donors (Lipinski definition) is 2. The Morgan fingerprint density at radius 1 is 0.931 bits per heavy atom. The van der Waals surface area contributed by atoms with E-state index in [2.05, 4.69) is 38.3 Å². The summed E-state index contributed by atoms with van der Waals surface area (Å²) >= 11 is 3.62. The molecular formula is C45H51BrFN5O5Si. The lowest BCUT2D eigenvalue weighted by molar-refractivity contribution is -0.150. The molecule has 2 N–H and O–H groups in total. The molecule has 8 rings (SSSR count). The summed E-state index contributed by atoms with van der Waals surface area (Å²) in [6.45, 7) is 7.45. The third-order valence-corrected chi connectivity index (χ3v) is 15.7. The molecule has 0 aliphatic carbocycles. The van der Waals surface area contributed by atoms with Crippen LogP contribution >= 0.6 is 15.9 Å². The van der Waals surface area contributed by atoms with Crippen molar-refractivity contribution in [2.75, 3.05) is 47.6 Å². The zero-order valence-electron chi connectivity index (χ0n) is 33.2. The van der Waals surface area contributed by atoms with Crippen LogP contribution in [0.5, 0.6) is 0 Å². The maximum atomic E-state index is 16.6. The van der Waals surface area contributed by atoms with Crippen molar-refractivity contribution < 1.29 is 28.3 Å². The second-order valence-corrected chi connectivity index (χ2v) is 21.4. The van der Waals surface area contributed by atoms with Gasteiger partial charge in [0.05, 0.1) is 38.0 Å². The molecule has 4 aromatic rings. The van der Waals surface area contributed by atoms with Gasteiger partial charge in [0.15, 0.2) is 5.60 Å². The molecule has 4 heterocycles. The Morgan fingerprint density at radius 3 is 2.29 bits per heavy atom. The third kappa shape index (κ3) is 7.08. The standard InChI is InChI=1S/C45H51BrFN5O5Si/c1-31-41(58(2,3)47)39(27-40(54)49(23-24-53)28-32-11-6-4-7-12-32)57-45(31)37-26-34(46)17-18-38(37)50(43(45)56)29-33-13-10-16-36(25-33)51-30-52(35-14-8-5-9-15-35)44(42(51)55)19-21-48-22-20-44/h4-18,25-26,31,39,41,48,53H,19-24,27-30H2,1-3H3/t31-,39+,41-,45+/m0/s1. The van der Waals surface area contributed by atoms with Crippen molar-refractivity contribution >= 4 is 59.1 Å².